The molecular formula is C12H19NO. The maximum absolute atomic E-state index is 5.87. The molecule has 2 heteroatoms. The maximum atomic E-state index is 5.87. The molecule has 0 aromatic heterocycles. The fourth-order valence-corrected chi connectivity index (χ4v) is 1.31. The van der Waals surface area contributed by atoms with Crippen molar-refractivity contribution >= 4 is 5.69 Å². The highest BCUT2D eigenvalue weighted by atomic mass is 16.5. The quantitative estimate of drug-likeness (QED) is 0.576. The van der Waals surface area contributed by atoms with E-state index >= 15 is 0 Å². The minimum Gasteiger partial charge on any atom is -0.491 e. The smallest absolute Gasteiger partial charge is 0.142 e. The average molecular weight is 193 g/mol. The summed E-state index contributed by atoms with van der Waals surface area (Å²) in [5.74, 6) is 0.820. The van der Waals surface area contributed by atoms with Crippen molar-refractivity contribution in [1.82, 2.24) is 0 Å². The van der Waals surface area contributed by atoms with Gasteiger partial charge in [0, 0.05) is 0 Å². The van der Waals surface area contributed by atoms with E-state index in [0.717, 1.165) is 30.0 Å². The minimum atomic E-state index is 0.765. The van der Waals surface area contributed by atoms with Crippen LogP contribution >= 0.6 is 0 Å². The lowest BCUT2D eigenvalue weighted by atomic mass is 10.2. The zero-order valence-corrected chi connectivity index (χ0v) is 9.05. The van der Waals surface area contributed by atoms with Crippen molar-refractivity contribution in [3.8, 4) is 5.75 Å². The molecule has 0 radical (unpaired) electrons. The lowest BCUT2D eigenvalue weighted by Crippen LogP contribution is -2.01. The Morgan fingerprint density at radius 1 is 1.29 bits per heavy atom. The minimum absolute atomic E-state index is 0.765. The third-order valence-corrected chi connectivity index (χ3v) is 2.29. The summed E-state index contributed by atoms with van der Waals surface area (Å²) >= 11 is 0. The van der Waals surface area contributed by atoms with Crippen molar-refractivity contribution in [3.05, 3.63) is 23.8 Å². The van der Waals surface area contributed by atoms with Gasteiger partial charge in [-0.15, -0.1) is 0 Å². The molecule has 78 valence electrons. The zero-order valence-electron chi connectivity index (χ0n) is 9.05. The molecule has 0 saturated carbocycles. The highest BCUT2D eigenvalue weighted by Gasteiger charge is 2.01. The summed E-state index contributed by atoms with van der Waals surface area (Å²) in [4.78, 5) is 0. The SMILES string of the molecule is CCCCCOc1cccc(C)c1N. The number of hydrogen-bond donors (Lipinski definition) is 1. The molecule has 2 nitrogen and oxygen atoms in total. The Balaban J connectivity index is 2.46. The van der Waals surface area contributed by atoms with Gasteiger partial charge in [0.2, 0.25) is 0 Å². The van der Waals surface area contributed by atoms with Gasteiger partial charge in [0.1, 0.15) is 5.75 Å². The zero-order chi connectivity index (χ0) is 10.4. The first kappa shape index (κ1) is 10.9. The molecule has 0 heterocycles. The molecule has 0 unspecified atom stereocenters. The van der Waals surface area contributed by atoms with Crippen LogP contribution in [-0.4, -0.2) is 6.61 Å². The van der Waals surface area contributed by atoms with E-state index < -0.39 is 0 Å². The van der Waals surface area contributed by atoms with E-state index in [-0.39, 0.29) is 0 Å². The summed E-state index contributed by atoms with van der Waals surface area (Å²) < 4.78 is 5.59. The van der Waals surface area contributed by atoms with Gasteiger partial charge < -0.3 is 10.5 Å². The van der Waals surface area contributed by atoms with E-state index in [4.69, 9.17) is 10.5 Å². The lowest BCUT2D eigenvalue weighted by Gasteiger charge is -2.09. The molecule has 0 amide bonds. The Morgan fingerprint density at radius 3 is 2.79 bits per heavy atom. The second kappa shape index (κ2) is 5.53. The average Bonchev–Trinajstić information content (AvgIpc) is 2.19. The van der Waals surface area contributed by atoms with Gasteiger partial charge in [0.25, 0.3) is 0 Å². The van der Waals surface area contributed by atoms with E-state index in [0.29, 0.717) is 0 Å². The largest absolute Gasteiger partial charge is 0.491 e. The summed E-state index contributed by atoms with van der Waals surface area (Å²) in [6, 6.07) is 5.89. The van der Waals surface area contributed by atoms with E-state index in [1.165, 1.54) is 12.8 Å². The first-order chi connectivity index (χ1) is 6.75. The first-order valence-electron chi connectivity index (χ1n) is 5.23. The predicted molar refractivity (Wildman–Crippen MR) is 60.6 cm³/mol. The number of aryl methyl sites for hydroxylation is 1. The van der Waals surface area contributed by atoms with Crippen LogP contribution in [0.4, 0.5) is 5.69 Å². The third-order valence-electron chi connectivity index (χ3n) is 2.29. The van der Waals surface area contributed by atoms with Gasteiger partial charge in [-0.2, -0.15) is 0 Å². The Labute approximate surface area is 86.1 Å². The molecule has 0 saturated heterocycles. The molecule has 0 bridgehead atoms. The molecule has 0 fully saturated rings. The lowest BCUT2D eigenvalue weighted by molar-refractivity contribution is 0.307. The normalized spacial score (nSPS) is 10.1. The number of anilines is 1. The molecule has 0 aliphatic heterocycles. The maximum Gasteiger partial charge on any atom is 0.142 e. The molecular weight excluding hydrogens is 174 g/mol. The van der Waals surface area contributed by atoms with E-state index in [1.807, 2.05) is 25.1 Å². The number of hydrogen-bond acceptors (Lipinski definition) is 2. The number of nitrogen functional groups attached to an aromatic ring is 1. The van der Waals surface area contributed by atoms with Gasteiger partial charge in [0.15, 0.2) is 0 Å². The van der Waals surface area contributed by atoms with Crippen LogP contribution in [0.2, 0.25) is 0 Å². The van der Waals surface area contributed by atoms with Gasteiger partial charge >= 0.3 is 0 Å². The Bertz CT molecular complexity index is 284. The number of para-hydroxylation sites is 1. The van der Waals surface area contributed by atoms with Crippen molar-refractivity contribution in [2.75, 3.05) is 12.3 Å². The Kier molecular flexibility index (Phi) is 4.30. The number of unbranched alkanes of at least 4 members (excludes halogenated alkanes) is 2. The fourth-order valence-electron chi connectivity index (χ4n) is 1.31. The fraction of sp³-hybridized carbons (Fsp3) is 0.500. The van der Waals surface area contributed by atoms with Gasteiger partial charge in [-0.05, 0) is 25.0 Å². The van der Waals surface area contributed by atoms with Gasteiger partial charge in [-0.1, -0.05) is 31.9 Å². The van der Waals surface area contributed by atoms with Crippen LogP contribution in [-0.2, 0) is 0 Å². The van der Waals surface area contributed by atoms with Crippen molar-refractivity contribution in [3.63, 3.8) is 0 Å². The van der Waals surface area contributed by atoms with Crippen molar-refractivity contribution in [1.29, 1.82) is 0 Å². The van der Waals surface area contributed by atoms with Crippen LogP contribution in [0.15, 0.2) is 18.2 Å². The molecule has 1 rings (SSSR count). The second-order valence-corrected chi connectivity index (χ2v) is 3.54. The molecule has 0 spiro atoms. The second-order valence-electron chi connectivity index (χ2n) is 3.54. The number of nitrogens with two attached hydrogens (primary N) is 1. The summed E-state index contributed by atoms with van der Waals surface area (Å²) in [5, 5.41) is 0. The third kappa shape index (κ3) is 2.95. The van der Waals surface area contributed by atoms with Crippen LogP contribution in [0.5, 0.6) is 5.75 Å². The van der Waals surface area contributed by atoms with Crippen molar-refractivity contribution in [2.45, 2.75) is 33.1 Å². The van der Waals surface area contributed by atoms with Crippen molar-refractivity contribution in [2.24, 2.45) is 0 Å². The highest BCUT2D eigenvalue weighted by Crippen LogP contribution is 2.24. The summed E-state index contributed by atoms with van der Waals surface area (Å²) in [5.41, 5.74) is 7.72. The van der Waals surface area contributed by atoms with Crippen LogP contribution in [0.1, 0.15) is 31.7 Å². The van der Waals surface area contributed by atoms with Gasteiger partial charge in [-0.3, -0.25) is 0 Å². The number of benzene rings is 1. The molecule has 0 aliphatic carbocycles. The van der Waals surface area contributed by atoms with Crippen LogP contribution in [0.3, 0.4) is 0 Å². The molecule has 1 aromatic rings. The molecule has 0 atom stereocenters. The molecule has 2 N–H and O–H groups in total. The molecule has 0 aliphatic rings. The van der Waals surface area contributed by atoms with Crippen LogP contribution in [0.25, 0.3) is 0 Å². The molecule has 14 heavy (non-hydrogen) atoms. The Morgan fingerprint density at radius 2 is 2.07 bits per heavy atom. The van der Waals surface area contributed by atoms with Gasteiger partial charge in [-0.25, -0.2) is 0 Å². The number of ether oxygens (including phenoxy) is 1. The van der Waals surface area contributed by atoms with Crippen LogP contribution in [0, 0.1) is 6.92 Å². The predicted octanol–water partition coefficient (Wildman–Crippen LogP) is 3.15. The van der Waals surface area contributed by atoms with E-state index in [2.05, 4.69) is 6.92 Å². The highest BCUT2D eigenvalue weighted by molar-refractivity contribution is 5.57. The monoisotopic (exact) mass is 193 g/mol. The van der Waals surface area contributed by atoms with Gasteiger partial charge in [0.05, 0.1) is 12.3 Å². The summed E-state index contributed by atoms with van der Waals surface area (Å²) in [6.45, 7) is 4.94. The standard InChI is InChI=1S/C12H19NO/c1-3-4-5-9-14-11-8-6-7-10(2)12(11)13/h6-8H,3-5,9,13H2,1-2H3. The van der Waals surface area contributed by atoms with Crippen molar-refractivity contribution < 1.29 is 4.74 Å². The molecule has 1 aromatic carbocycles. The Hall–Kier alpha value is -1.18. The topological polar surface area (TPSA) is 35.2 Å². The summed E-state index contributed by atoms with van der Waals surface area (Å²) in [6.07, 6.45) is 3.53. The van der Waals surface area contributed by atoms with E-state index in [9.17, 15) is 0 Å². The van der Waals surface area contributed by atoms with E-state index in [1.54, 1.807) is 0 Å². The first-order valence-corrected chi connectivity index (χ1v) is 5.23. The van der Waals surface area contributed by atoms with Crippen LogP contribution < -0.4 is 10.5 Å². The number of rotatable bonds is 5. The summed E-state index contributed by atoms with van der Waals surface area (Å²) in [7, 11) is 0.